The zero-order valence-corrected chi connectivity index (χ0v) is 9.73. The van der Waals surface area contributed by atoms with Crippen LogP contribution in [0.1, 0.15) is 24.3 Å². The molecule has 1 aromatic rings. The number of aliphatic hydroxyl groups is 1. The quantitative estimate of drug-likeness (QED) is 0.671. The molecule has 2 rings (SSSR count). The Balaban J connectivity index is 1.71. The fraction of sp³-hybridized carbons (Fsp3) is 0.462. The number of carbonyl (C=O) groups is 1. The van der Waals surface area contributed by atoms with Gasteiger partial charge in [0, 0.05) is 25.1 Å². The Morgan fingerprint density at radius 3 is 2.82 bits per heavy atom. The molecule has 0 saturated heterocycles. The van der Waals surface area contributed by atoms with Gasteiger partial charge in [-0.1, -0.05) is 30.3 Å². The molecule has 0 aromatic heterocycles. The first-order chi connectivity index (χ1) is 8.31. The molecule has 1 aliphatic carbocycles. The van der Waals surface area contributed by atoms with Gasteiger partial charge in [-0.15, -0.1) is 0 Å². The number of nitrogens with one attached hydrogen (secondary N) is 2. The van der Waals surface area contributed by atoms with Crippen LogP contribution >= 0.6 is 0 Å². The summed E-state index contributed by atoms with van der Waals surface area (Å²) < 4.78 is 0. The van der Waals surface area contributed by atoms with E-state index in [1.54, 1.807) is 0 Å². The Hall–Kier alpha value is -1.55. The summed E-state index contributed by atoms with van der Waals surface area (Å²) in [5.74, 6) is 0.458. The zero-order chi connectivity index (χ0) is 12.1. The van der Waals surface area contributed by atoms with Crippen molar-refractivity contribution in [2.45, 2.75) is 24.8 Å². The number of rotatable bonds is 5. The number of urea groups is 1. The molecule has 2 amide bonds. The molecular formula is C13H18N2O2. The standard InChI is InChI=1S/C13H18N2O2/c16-8-4-7-14-13(17)15-12-9-11(12)10-5-2-1-3-6-10/h1-3,5-6,11-12,16H,4,7-9H2,(H2,14,15,17). The predicted molar refractivity (Wildman–Crippen MR) is 65.8 cm³/mol. The van der Waals surface area contributed by atoms with Crippen molar-refractivity contribution < 1.29 is 9.90 Å². The summed E-state index contributed by atoms with van der Waals surface area (Å²) in [5, 5.41) is 14.2. The Morgan fingerprint density at radius 1 is 1.35 bits per heavy atom. The lowest BCUT2D eigenvalue weighted by molar-refractivity contribution is 0.237. The van der Waals surface area contributed by atoms with Crippen molar-refractivity contribution in [2.75, 3.05) is 13.2 Å². The summed E-state index contributed by atoms with van der Waals surface area (Å²) in [6, 6.07) is 10.3. The normalized spacial score (nSPS) is 21.9. The molecule has 2 atom stereocenters. The second-order valence-electron chi connectivity index (χ2n) is 4.34. The highest BCUT2D eigenvalue weighted by Crippen LogP contribution is 2.40. The second-order valence-corrected chi connectivity index (χ2v) is 4.34. The van der Waals surface area contributed by atoms with E-state index >= 15 is 0 Å². The van der Waals surface area contributed by atoms with Crippen LogP contribution in [0.3, 0.4) is 0 Å². The molecule has 0 aliphatic heterocycles. The van der Waals surface area contributed by atoms with Crippen LogP contribution in [0.2, 0.25) is 0 Å². The molecule has 3 N–H and O–H groups in total. The summed E-state index contributed by atoms with van der Waals surface area (Å²) in [7, 11) is 0. The molecule has 1 aliphatic rings. The summed E-state index contributed by atoms with van der Waals surface area (Å²) in [5.41, 5.74) is 1.29. The van der Waals surface area contributed by atoms with Gasteiger partial charge in [-0.05, 0) is 18.4 Å². The van der Waals surface area contributed by atoms with E-state index in [1.807, 2.05) is 18.2 Å². The Bertz CT molecular complexity index is 367. The number of aliphatic hydroxyl groups excluding tert-OH is 1. The van der Waals surface area contributed by atoms with Crippen LogP contribution in [0.15, 0.2) is 30.3 Å². The average Bonchev–Trinajstić information content (AvgIpc) is 3.10. The molecule has 0 heterocycles. The van der Waals surface area contributed by atoms with Crippen LogP contribution in [0.25, 0.3) is 0 Å². The number of amides is 2. The smallest absolute Gasteiger partial charge is 0.315 e. The van der Waals surface area contributed by atoms with Gasteiger partial charge in [-0.25, -0.2) is 4.79 Å². The van der Waals surface area contributed by atoms with Crippen molar-refractivity contribution in [3.63, 3.8) is 0 Å². The van der Waals surface area contributed by atoms with Crippen LogP contribution in [0.4, 0.5) is 4.79 Å². The SMILES string of the molecule is O=C(NCCCO)NC1CC1c1ccccc1. The predicted octanol–water partition coefficient (Wildman–Crippen LogP) is 1.22. The molecule has 92 valence electrons. The van der Waals surface area contributed by atoms with Crippen LogP contribution < -0.4 is 10.6 Å². The van der Waals surface area contributed by atoms with Crippen LogP contribution in [-0.4, -0.2) is 30.3 Å². The van der Waals surface area contributed by atoms with E-state index in [-0.39, 0.29) is 18.7 Å². The highest BCUT2D eigenvalue weighted by Gasteiger charge is 2.39. The van der Waals surface area contributed by atoms with Gasteiger partial charge in [0.05, 0.1) is 0 Å². The number of hydrogen-bond donors (Lipinski definition) is 3. The van der Waals surface area contributed by atoms with Gasteiger partial charge in [-0.3, -0.25) is 0 Å². The lowest BCUT2D eigenvalue weighted by Crippen LogP contribution is -2.38. The van der Waals surface area contributed by atoms with E-state index in [0.29, 0.717) is 18.9 Å². The van der Waals surface area contributed by atoms with Gasteiger partial charge in [0.25, 0.3) is 0 Å². The zero-order valence-electron chi connectivity index (χ0n) is 9.73. The Labute approximate surface area is 101 Å². The van der Waals surface area contributed by atoms with E-state index in [0.717, 1.165) is 6.42 Å². The molecule has 2 unspecified atom stereocenters. The lowest BCUT2D eigenvalue weighted by atomic mass is 10.1. The number of benzene rings is 1. The second kappa shape index (κ2) is 5.68. The molecule has 1 aromatic carbocycles. The van der Waals surface area contributed by atoms with Gasteiger partial charge in [0.2, 0.25) is 0 Å². The van der Waals surface area contributed by atoms with E-state index in [9.17, 15) is 4.79 Å². The van der Waals surface area contributed by atoms with E-state index < -0.39 is 0 Å². The third-order valence-corrected chi connectivity index (χ3v) is 2.96. The topological polar surface area (TPSA) is 61.4 Å². The van der Waals surface area contributed by atoms with Crippen molar-refractivity contribution >= 4 is 6.03 Å². The first kappa shape index (κ1) is 11.9. The maximum absolute atomic E-state index is 11.4. The maximum atomic E-state index is 11.4. The Kier molecular flexibility index (Phi) is 3.98. The molecule has 17 heavy (non-hydrogen) atoms. The lowest BCUT2D eigenvalue weighted by Gasteiger charge is -2.06. The summed E-state index contributed by atoms with van der Waals surface area (Å²) in [6.07, 6.45) is 1.61. The summed E-state index contributed by atoms with van der Waals surface area (Å²) in [6.45, 7) is 0.626. The first-order valence-corrected chi connectivity index (χ1v) is 6.01. The van der Waals surface area contributed by atoms with Crippen molar-refractivity contribution in [1.82, 2.24) is 10.6 Å². The average molecular weight is 234 g/mol. The third kappa shape index (κ3) is 3.46. The maximum Gasteiger partial charge on any atom is 0.315 e. The minimum atomic E-state index is -0.137. The fourth-order valence-electron chi connectivity index (χ4n) is 1.92. The third-order valence-electron chi connectivity index (χ3n) is 2.96. The van der Waals surface area contributed by atoms with Crippen molar-refractivity contribution in [2.24, 2.45) is 0 Å². The molecule has 4 nitrogen and oxygen atoms in total. The highest BCUT2D eigenvalue weighted by molar-refractivity contribution is 5.74. The van der Waals surface area contributed by atoms with Gasteiger partial charge in [0.15, 0.2) is 0 Å². The molecule has 4 heteroatoms. The molecule has 0 spiro atoms. The molecule has 0 radical (unpaired) electrons. The van der Waals surface area contributed by atoms with Crippen molar-refractivity contribution in [3.05, 3.63) is 35.9 Å². The van der Waals surface area contributed by atoms with Gasteiger partial charge in [-0.2, -0.15) is 0 Å². The van der Waals surface area contributed by atoms with Crippen molar-refractivity contribution in [1.29, 1.82) is 0 Å². The van der Waals surface area contributed by atoms with Gasteiger partial charge >= 0.3 is 6.03 Å². The van der Waals surface area contributed by atoms with E-state index in [4.69, 9.17) is 5.11 Å². The largest absolute Gasteiger partial charge is 0.396 e. The van der Waals surface area contributed by atoms with Gasteiger partial charge < -0.3 is 15.7 Å². The Morgan fingerprint density at radius 2 is 2.12 bits per heavy atom. The van der Waals surface area contributed by atoms with Crippen molar-refractivity contribution in [3.8, 4) is 0 Å². The van der Waals surface area contributed by atoms with E-state index in [2.05, 4.69) is 22.8 Å². The molecule has 1 saturated carbocycles. The number of hydrogen-bond acceptors (Lipinski definition) is 2. The molecule has 1 fully saturated rings. The minimum Gasteiger partial charge on any atom is -0.396 e. The van der Waals surface area contributed by atoms with E-state index in [1.165, 1.54) is 5.56 Å². The highest BCUT2D eigenvalue weighted by atomic mass is 16.3. The number of carbonyl (C=O) groups excluding carboxylic acids is 1. The summed E-state index contributed by atoms with van der Waals surface area (Å²) in [4.78, 5) is 11.4. The summed E-state index contributed by atoms with van der Waals surface area (Å²) >= 11 is 0. The van der Waals surface area contributed by atoms with Crippen LogP contribution in [-0.2, 0) is 0 Å². The minimum absolute atomic E-state index is 0.107. The molecular weight excluding hydrogens is 216 g/mol. The van der Waals surface area contributed by atoms with Gasteiger partial charge in [0.1, 0.15) is 0 Å². The molecule has 0 bridgehead atoms. The first-order valence-electron chi connectivity index (χ1n) is 6.01. The fourth-order valence-corrected chi connectivity index (χ4v) is 1.92. The monoisotopic (exact) mass is 234 g/mol. The van der Waals surface area contributed by atoms with Crippen LogP contribution in [0.5, 0.6) is 0 Å². The van der Waals surface area contributed by atoms with Crippen LogP contribution in [0, 0.1) is 0 Å².